The minimum atomic E-state index is -0.675. The van der Waals surface area contributed by atoms with Crippen molar-refractivity contribution in [3.8, 4) is 0 Å². The summed E-state index contributed by atoms with van der Waals surface area (Å²) in [4.78, 5) is 36.1. The zero-order chi connectivity index (χ0) is 29.9. The van der Waals surface area contributed by atoms with Gasteiger partial charge in [-0.15, -0.1) is 0 Å². The molecule has 1 atom stereocenters. The topological polar surface area (TPSA) is 107 Å². The van der Waals surface area contributed by atoms with E-state index in [0.717, 1.165) is 26.9 Å². The first-order chi connectivity index (χ1) is 19.4. The van der Waals surface area contributed by atoms with Crippen LogP contribution in [0.25, 0.3) is 11.0 Å². The van der Waals surface area contributed by atoms with Crippen molar-refractivity contribution in [2.24, 2.45) is 0 Å². The molecular formula is C31H38BrN5O4. The summed E-state index contributed by atoms with van der Waals surface area (Å²) in [5.74, 6) is -0.555. The summed E-state index contributed by atoms with van der Waals surface area (Å²) >= 11 is 3.66. The fourth-order valence-electron chi connectivity index (χ4n) is 4.97. The third-order valence-corrected chi connectivity index (χ3v) is 7.33. The molecule has 2 aromatic heterocycles. The maximum absolute atomic E-state index is 13.7. The minimum absolute atomic E-state index is 0.127. The number of ether oxygens (including phenoxy) is 2. The molecule has 9 nitrogen and oxygen atoms in total. The number of esters is 1. The molecule has 2 N–H and O–H groups in total. The van der Waals surface area contributed by atoms with Crippen LogP contribution in [-0.4, -0.2) is 51.3 Å². The second kappa shape index (κ2) is 12.6. The molecule has 3 aromatic rings. The van der Waals surface area contributed by atoms with Gasteiger partial charge in [0.05, 0.1) is 48.2 Å². The lowest BCUT2D eigenvalue weighted by Gasteiger charge is -2.34. The van der Waals surface area contributed by atoms with E-state index in [4.69, 9.17) is 9.47 Å². The number of fused-ring (bicyclic) bond motifs is 1. The van der Waals surface area contributed by atoms with Gasteiger partial charge in [-0.2, -0.15) is 0 Å². The fourth-order valence-corrected chi connectivity index (χ4v) is 5.49. The lowest BCUT2D eigenvalue weighted by atomic mass is 9.79. The number of aryl methyl sites for hydroxylation is 1. The van der Waals surface area contributed by atoms with E-state index in [9.17, 15) is 9.59 Å². The Morgan fingerprint density at radius 1 is 1.15 bits per heavy atom. The monoisotopic (exact) mass is 623 g/mol. The summed E-state index contributed by atoms with van der Waals surface area (Å²) < 4.78 is 14.7. The number of hydrogen-bond acceptors (Lipinski definition) is 7. The lowest BCUT2D eigenvalue weighted by molar-refractivity contribution is -0.143. The number of nitrogens with zero attached hydrogens (tertiary/aromatic N) is 3. The lowest BCUT2D eigenvalue weighted by Crippen LogP contribution is -2.45. The molecule has 1 aliphatic heterocycles. The van der Waals surface area contributed by atoms with E-state index >= 15 is 0 Å². The highest BCUT2D eigenvalue weighted by Crippen LogP contribution is 2.42. The maximum Gasteiger partial charge on any atom is 0.337 e. The Hall–Kier alpha value is -3.50. The van der Waals surface area contributed by atoms with Crippen molar-refractivity contribution >= 4 is 38.8 Å². The fraction of sp³-hybridized carbons (Fsp3) is 0.419. The standard InChI is InChI=1S/C31H38BrN5O4/c1-18(2)41-30(39)28-24(17-40-15-14-37-20(4)35-23-16-33-13-12-25(23)37)34-19(3)26(29(38)36-31(5,6)7)27(28)21-10-8-9-11-22(21)32/h8-13,16,18,27,34H,14-15,17H2,1-7H3,(H,36,38). The minimum Gasteiger partial charge on any atom is -0.460 e. The van der Waals surface area contributed by atoms with Gasteiger partial charge in [-0.3, -0.25) is 9.78 Å². The molecule has 0 radical (unpaired) electrons. The zero-order valence-corrected chi connectivity index (χ0v) is 26.3. The highest BCUT2D eigenvalue weighted by Gasteiger charge is 2.40. The van der Waals surface area contributed by atoms with Crippen LogP contribution in [0.4, 0.5) is 0 Å². The number of pyridine rings is 1. The van der Waals surface area contributed by atoms with Crippen LogP contribution in [0.15, 0.2) is 69.7 Å². The molecule has 0 fully saturated rings. The molecule has 0 spiro atoms. The maximum atomic E-state index is 13.7. The molecule has 218 valence electrons. The molecule has 0 saturated heterocycles. The van der Waals surface area contributed by atoms with Gasteiger partial charge in [0.1, 0.15) is 11.3 Å². The normalized spacial score (nSPS) is 15.9. The van der Waals surface area contributed by atoms with E-state index in [1.54, 1.807) is 26.2 Å². The summed E-state index contributed by atoms with van der Waals surface area (Å²) in [5.41, 5.74) is 4.16. The number of rotatable bonds is 9. The predicted octanol–water partition coefficient (Wildman–Crippen LogP) is 5.30. The van der Waals surface area contributed by atoms with Gasteiger partial charge in [0, 0.05) is 34.0 Å². The van der Waals surface area contributed by atoms with Gasteiger partial charge < -0.3 is 24.7 Å². The average Bonchev–Trinajstić information content (AvgIpc) is 3.19. The molecule has 0 aliphatic carbocycles. The van der Waals surface area contributed by atoms with Crippen molar-refractivity contribution in [3.05, 3.63) is 81.1 Å². The molecule has 1 aromatic carbocycles. The second-order valence-corrected chi connectivity index (χ2v) is 12.3. The molecule has 1 aliphatic rings. The molecule has 41 heavy (non-hydrogen) atoms. The SMILES string of the molecule is CC1=C(C(=O)NC(C)(C)C)C(c2ccccc2Br)C(C(=O)OC(C)C)=C(COCCn2c(C)nc3cnccc32)N1. The van der Waals surface area contributed by atoms with Crippen molar-refractivity contribution in [1.29, 1.82) is 0 Å². The highest BCUT2D eigenvalue weighted by molar-refractivity contribution is 9.10. The number of benzene rings is 1. The Balaban J connectivity index is 1.70. The van der Waals surface area contributed by atoms with Crippen molar-refractivity contribution in [2.45, 2.75) is 72.6 Å². The summed E-state index contributed by atoms with van der Waals surface area (Å²) in [6.45, 7) is 14.3. The van der Waals surface area contributed by atoms with Crippen LogP contribution in [0.2, 0.25) is 0 Å². The van der Waals surface area contributed by atoms with Gasteiger partial charge in [-0.05, 0) is 66.2 Å². The first-order valence-corrected chi connectivity index (χ1v) is 14.5. The summed E-state index contributed by atoms with van der Waals surface area (Å²) in [5, 5.41) is 6.39. The van der Waals surface area contributed by atoms with E-state index in [0.29, 0.717) is 35.7 Å². The Bertz CT molecular complexity index is 1520. The summed E-state index contributed by atoms with van der Waals surface area (Å²) in [6, 6.07) is 9.55. The van der Waals surface area contributed by atoms with Gasteiger partial charge in [-0.1, -0.05) is 34.1 Å². The van der Waals surface area contributed by atoms with Crippen molar-refractivity contribution in [2.75, 3.05) is 13.2 Å². The Kier molecular flexibility index (Phi) is 9.34. The number of halogens is 1. The zero-order valence-electron chi connectivity index (χ0n) is 24.7. The third kappa shape index (κ3) is 7.05. The number of hydrogen-bond donors (Lipinski definition) is 2. The van der Waals surface area contributed by atoms with E-state index in [1.807, 2.05) is 65.0 Å². The number of amides is 1. The second-order valence-electron chi connectivity index (χ2n) is 11.4. The van der Waals surface area contributed by atoms with Crippen molar-refractivity contribution < 1.29 is 19.1 Å². The quantitative estimate of drug-likeness (QED) is 0.246. The first-order valence-electron chi connectivity index (χ1n) is 13.7. The largest absolute Gasteiger partial charge is 0.460 e. The highest BCUT2D eigenvalue weighted by atomic mass is 79.9. The smallest absolute Gasteiger partial charge is 0.337 e. The van der Waals surface area contributed by atoms with Gasteiger partial charge in [0.15, 0.2) is 0 Å². The van der Waals surface area contributed by atoms with Crippen LogP contribution < -0.4 is 10.6 Å². The molecule has 10 heteroatoms. The van der Waals surface area contributed by atoms with Crippen LogP contribution in [0.1, 0.15) is 58.8 Å². The molecule has 0 bridgehead atoms. The van der Waals surface area contributed by atoms with E-state index in [2.05, 4.69) is 41.1 Å². The average molecular weight is 625 g/mol. The third-order valence-electron chi connectivity index (χ3n) is 6.60. The van der Waals surface area contributed by atoms with Crippen LogP contribution in [0.3, 0.4) is 0 Å². The van der Waals surface area contributed by atoms with Gasteiger partial charge >= 0.3 is 5.97 Å². The number of carbonyl (C=O) groups is 2. The summed E-state index contributed by atoms with van der Waals surface area (Å²) in [6.07, 6.45) is 3.14. The number of allylic oxidation sites excluding steroid dienone is 1. The molecule has 0 saturated carbocycles. The first kappa shape index (κ1) is 30.5. The van der Waals surface area contributed by atoms with Crippen molar-refractivity contribution in [3.63, 3.8) is 0 Å². The number of nitrogens with one attached hydrogen (secondary N) is 2. The van der Waals surface area contributed by atoms with Gasteiger partial charge in [-0.25, -0.2) is 9.78 Å². The van der Waals surface area contributed by atoms with Crippen LogP contribution >= 0.6 is 15.9 Å². The molecule has 1 amide bonds. The van der Waals surface area contributed by atoms with Crippen LogP contribution in [-0.2, 0) is 25.6 Å². The number of carbonyl (C=O) groups excluding carboxylic acids is 2. The number of dihydropyridines is 1. The predicted molar refractivity (Wildman–Crippen MR) is 162 cm³/mol. The van der Waals surface area contributed by atoms with Crippen molar-refractivity contribution in [1.82, 2.24) is 25.2 Å². The van der Waals surface area contributed by atoms with Gasteiger partial charge in [0.2, 0.25) is 5.91 Å². The van der Waals surface area contributed by atoms with E-state index in [1.165, 1.54) is 0 Å². The van der Waals surface area contributed by atoms with Crippen LogP contribution in [0, 0.1) is 6.92 Å². The number of aromatic nitrogens is 3. The Labute approximate surface area is 249 Å². The van der Waals surface area contributed by atoms with E-state index < -0.39 is 17.4 Å². The molecule has 4 rings (SSSR count). The molecular weight excluding hydrogens is 586 g/mol. The number of imidazole rings is 1. The molecule has 3 heterocycles. The Morgan fingerprint density at radius 3 is 2.56 bits per heavy atom. The van der Waals surface area contributed by atoms with E-state index in [-0.39, 0.29) is 18.6 Å². The molecule has 1 unspecified atom stereocenters. The van der Waals surface area contributed by atoms with Crippen LogP contribution in [0.5, 0.6) is 0 Å². The van der Waals surface area contributed by atoms with Gasteiger partial charge in [0.25, 0.3) is 0 Å². The summed E-state index contributed by atoms with van der Waals surface area (Å²) in [7, 11) is 0. The Morgan fingerprint density at radius 2 is 1.88 bits per heavy atom.